The van der Waals surface area contributed by atoms with Crippen LogP contribution in [-0.2, 0) is 0 Å². The Hall–Kier alpha value is -0.0800. The normalized spacial score (nSPS) is 11.6. The lowest BCUT2D eigenvalue weighted by Gasteiger charge is -2.34. The van der Waals surface area contributed by atoms with E-state index in [4.69, 9.17) is 0 Å². The van der Waals surface area contributed by atoms with Crippen molar-refractivity contribution in [3.63, 3.8) is 0 Å². The predicted octanol–water partition coefficient (Wildman–Crippen LogP) is 4.44. The highest BCUT2D eigenvalue weighted by Gasteiger charge is 2.18. The Morgan fingerprint density at radius 1 is 0.765 bits per heavy atom. The van der Waals surface area contributed by atoms with E-state index in [0.29, 0.717) is 0 Å². The van der Waals surface area contributed by atoms with E-state index in [1.807, 2.05) is 0 Å². The van der Waals surface area contributed by atoms with Crippen molar-refractivity contribution < 1.29 is 9.96 Å². The highest BCUT2D eigenvalue weighted by molar-refractivity contribution is 4.47. The maximum atomic E-state index is 2.35. The minimum Gasteiger partial charge on any atom is -0.870 e. The monoisotopic (exact) mass is 245 g/mol. The fourth-order valence-electron chi connectivity index (χ4n) is 1.91. The van der Waals surface area contributed by atoms with Crippen LogP contribution in [0.5, 0.6) is 0 Å². The first-order valence-corrected chi connectivity index (χ1v) is 7.33. The summed E-state index contributed by atoms with van der Waals surface area (Å²) in [6.45, 7) is 8.27. The molecule has 0 amide bonds. The van der Waals surface area contributed by atoms with Crippen molar-refractivity contribution in [3.05, 3.63) is 0 Å². The highest BCUT2D eigenvalue weighted by atomic mass is 16.0. The molecule has 0 rings (SSSR count). The third kappa shape index (κ3) is 10.8. The van der Waals surface area contributed by atoms with Crippen LogP contribution in [0.25, 0.3) is 0 Å². The summed E-state index contributed by atoms with van der Waals surface area (Å²) >= 11 is 0. The molecule has 0 aliphatic rings. The van der Waals surface area contributed by atoms with Gasteiger partial charge in [-0.1, -0.05) is 45.4 Å². The van der Waals surface area contributed by atoms with E-state index < -0.39 is 0 Å². The molecule has 1 N–H and O–H groups in total. The van der Waals surface area contributed by atoms with E-state index in [1.165, 1.54) is 62.4 Å². The van der Waals surface area contributed by atoms with Crippen molar-refractivity contribution in [1.29, 1.82) is 0 Å². The molecule has 0 aromatic heterocycles. The van der Waals surface area contributed by atoms with Crippen molar-refractivity contribution in [1.82, 2.24) is 0 Å². The predicted molar refractivity (Wildman–Crippen MR) is 76.7 cm³/mol. The van der Waals surface area contributed by atoms with E-state index in [1.54, 1.807) is 0 Å². The Kier molecular flexibility index (Phi) is 12.5. The zero-order chi connectivity index (χ0) is 12.4. The van der Waals surface area contributed by atoms with Gasteiger partial charge in [0.15, 0.2) is 0 Å². The lowest BCUT2D eigenvalue weighted by molar-refractivity contribution is -0.911. The summed E-state index contributed by atoms with van der Waals surface area (Å²) in [5, 5.41) is 0. The Morgan fingerprint density at radius 2 is 1.18 bits per heavy atom. The largest absolute Gasteiger partial charge is 0.870 e. The SMILES string of the molecule is CCCCCCCCCC[N+](C)(C)C(C)C.[OH-]. The summed E-state index contributed by atoms with van der Waals surface area (Å²) in [6, 6.07) is 0.754. The average molecular weight is 245 g/mol. The van der Waals surface area contributed by atoms with Crippen LogP contribution in [-0.4, -0.2) is 36.6 Å². The molecule has 0 aliphatic carbocycles. The molecule has 0 bridgehead atoms. The topological polar surface area (TPSA) is 30.0 Å². The molecule has 0 aromatic carbocycles. The molecule has 0 spiro atoms. The van der Waals surface area contributed by atoms with E-state index >= 15 is 0 Å². The van der Waals surface area contributed by atoms with Crippen LogP contribution in [0.15, 0.2) is 0 Å². The summed E-state index contributed by atoms with van der Waals surface area (Å²) in [5.74, 6) is 0. The summed E-state index contributed by atoms with van der Waals surface area (Å²) in [4.78, 5) is 0. The molecule has 0 aliphatic heterocycles. The average Bonchev–Trinajstić information content (AvgIpc) is 2.21. The lowest BCUT2D eigenvalue weighted by Crippen LogP contribution is -2.46. The third-order valence-electron chi connectivity index (χ3n) is 3.99. The standard InChI is InChI=1S/C15H34N.H2O/c1-6-7-8-9-10-11-12-13-14-16(4,5)15(2)3;/h15H,6-14H2,1-5H3;1H2/q+1;/p-1. The van der Waals surface area contributed by atoms with Gasteiger partial charge in [-0.15, -0.1) is 0 Å². The van der Waals surface area contributed by atoms with Crippen LogP contribution < -0.4 is 0 Å². The molecule has 0 radical (unpaired) electrons. The molecule has 106 valence electrons. The van der Waals surface area contributed by atoms with Gasteiger partial charge in [0.25, 0.3) is 0 Å². The van der Waals surface area contributed by atoms with Gasteiger partial charge in [-0.3, -0.25) is 0 Å². The first-order chi connectivity index (χ1) is 7.50. The fraction of sp³-hybridized carbons (Fsp3) is 1.00. The van der Waals surface area contributed by atoms with Crippen LogP contribution in [0.3, 0.4) is 0 Å². The number of hydrogen-bond donors (Lipinski definition) is 0. The zero-order valence-corrected chi connectivity index (χ0v) is 12.8. The van der Waals surface area contributed by atoms with E-state index in [0.717, 1.165) is 6.04 Å². The number of rotatable bonds is 10. The Labute approximate surface area is 109 Å². The second kappa shape index (κ2) is 11.0. The van der Waals surface area contributed by atoms with Gasteiger partial charge < -0.3 is 9.96 Å². The summed E-state index contributed by atoms with van der Waals surface area (Å²) < 4.78 is 1.18. The number of hydrogen-bond acceptors (Lipinski definition) is 1. The van der Waals surface area contributed by atoms with Gasteiger partial charge in [-0.25, -0.2) is 0 Å². The van der Waals surface area contributed by atoms with Crippen molar-refractivity contribution >= 4 is 0 Å². The van der Waals surface area contributed by atoms with Gasteiger partial charge in [-0.2, -0.15) is 0 Å². The molecule has 0 saturated heterocycles. The zero-order valence-electron chi connectivity index (χ0n) is 12.8. The quantitative estimate of drug-likeness (QED) is 0.413. The smallest absolute Gasteiger partial charge is 0.0829 e. The maximum Gasteiger partial charge on any atom is 0.0829 e. The maximum absolute atomic E-state index is 2.35. The van der Waals surface area contributed by atoms with E-state index in [9.17, 15) is 0 Å². The number of quaternary nitrogens is 1. The molecule has 2 heteroatoms. The van der Waals surface area contributed by atoms with Crippen molar-refractivity contribution in [3.8, 4) is 0 Å². The van der Waals surface area contributed by atoms with Gasteiger partial charge in [-0.05, 0) is 26.7 Å². The Balaban J connectivity index is 0. The van der Waals surface area contributed by atoms with Crippen molar-refractivity contribution in [2.24, 2.45) is 0 Å². The Morgan fingerprint density at radius 3 is 1.59 bits per heavy atom. The second-order valence-electron chi connectivity index (χ2n) is 6.07. The Bertz CT molecular complexity index is 155. The molecular weight excluding hydrogens is 210 g/mol. The van der Waals surface area contributed by atoms with Gasteiger partial charge in [0.2, 0.25) is 0 Å². The van der Waals surface area contributed by atoms with Crippen LogP contribution >= 0.6 is 0 Å². The van der Waals surface area contributed by atoms with Crippen LogP contribution in [0.2, 0.25) is 0 Å². The lowest BCUT2D eigenvalue weighted by atomic mass is 10.1. The molecule has 0 unspecified atom stereocenters. The second-order valence-corrected chi connectivity index (χ2v) is 6.07. The third-order valence-corrected chi connectivity index (χ3v) is 3.99. The van der Waals surface area contributed by atoms with Crippen LogP contribution in [0.4, 0.5) is 0 Å². The van der Waals surface area contributed by atoms with Gasteiger partial charge >= 0.3 is 0 Å². The molecule has 0 saturated carbocycles. The van der Waals surface area contributed by atoms with Crippen LogP contribution in [0, 0.1) is 0 Å². The van der Waals surface area contributed by atoms with Crippen molar-refractivity contribution in [2.75, 3.05) is 20.6 Å². The summed E-state index contributed by atoms with van der Waals surface area (Å²) in [7, 11) is 4.71. The molecule has 0 atom stereocenters. The molecule has 2 nitrogen and oxygen atoms in total. The van der Waals surface area contributed by atoms with E-state index in [2.05, 4.69) is 34.9 Å². The van der Waals surface area contributed by atoms with Gasteiger partial charge in [0.05, 0.1) is 26.7 Å². The fourth-order valence-corrected chi connectivity index (χ4v) is 1.91. The van der Waals surface area contributed by atoms with Crippen LogP contribution in [0.1, 0.15) is 72.1 Å². The summed E-state index contributed by atoms with van der Waals surface area (Å²) in [5.41, 5.74) is 0. The minimum atomic E-state index is 0. The summed E-state index contributed by atoms with van der Waals surface area (Å²) in [6.07, 6.45) is 11.4. The first kappa shape index (κ1) is 19.3. The molecule has 17 heavy (non-hydrogen) atoms. The molecular formula is C15H35NO. The van der Waals surface area contributed by atoms with Crippen molar-refractivity contribution in [2.45, 2.75) is 78.2 Å². The molecule has 0 aromatic rings. The van der Waals surface area contributed by atoms with Gasteiger partial charge in [0.1, 0.15) is 0 Å². The number of nitrogens with zero attached hydrogens (tertiary/aromatic N) is 1. The van der Waals surface area contributed by atoms with E-state index in [-0.39, 0.29) is 5.48 Å². The minimum absolute atomic E-state index is 0. The highest BCUT2D eigenvalue weighted by Crippen LogP contribution is 2.12. The number of unbranched alkanes of at least 4 members (excludes halogenated alkanes) is 7. The first-order valence-electron chi connectivity index (χ1n) is 7.33. The molecule has 0 fully saturated rings. The van der Waals surface area contributed by atoms with Gasteiger partial charge in [0, 0.05) is 0 Å². The molecule has 0 heterocycles.